The van der Waals surface area contributed by atoms with Gasteiger partial charge in [-0.15, -0.1) is 0 Å². The topological polar surface area (TPSA) is 93.5 Å². The molecular formula is C14H21N3O4. The molecule has 0 bridgehead atoms. The van der Waals surface area contributed by atoms with Gasteiger partial charge in [0.25, 0.3) is 11.6 Å². The summed E-state index contributed by atoms with van der Waals surface area (Å²) in [5.74, 6) is -0.359. The van der Waals surface area contributed by atoms with Gasteiger partial charge >= 0.3 is 0 Å². The highest BCUT2D eigenvalue weighted by Gasteiger charge is 2.15. The highest BCUT2D eigenvalue weighted by atomic mass is 16.6. The van der Waals surface area contributed by atoms with Gasteiger partial charge in [-0.2, -0.15) is 0 Å². The lowest BCUT2D eigenvalue weighted by Gasteiger charge is -2.10. The molecule has 0 unspecified atom stereocenters. The third-order valence-corrected chi connectivity index (χ3v) is 2.90. The molecule has 0 radical (unpaired) electrons. The van der Waals surface area contributed by atoms with Crippen LogP contribution in [0.3, 0.4) is 0 Å². The summed E-state index contributed by atoms with van der Waals surface area (Å²) in [6.45, 7) is 3.54. The summed E-state index contributed by atoms with van der Waals surface area (Å²) in [4.78, 5) is 22.3. The zero-order valence-corrected chi connectivity index (χ0v) is 12.3. The molecule has 1 rings (SSSR count). The van der Waals surface area contributed by atoms with Crippen molar-refractivity contribution < 1.29 is 14.5 Å². The Morgan fingerprint density at radius 2 is 2.14 bits per heavy atom. The Kier molecular flexibility index (Phi) is 7.17. The molecule has 0 aromatic heterocycles. The molecule has 0 aliphatic rings. The monoisotopic (exact) mass is 295 g/mol. The van der Waals surface area contributed by atoms with Crippen LogP contribution in [0.25, 0.3) is 0 Å². The zero-order chi connectivity index (χ0) is 15.7. The molecule has 1 aromatic rings. The van der Waals surface area contributed by atoms with Crippen molar-refractivity contribution in [2.24, 2.45) is 0 Å². The molecule has 7 heteroatoms. The Hall–Kier alpha value is -2.15. The fourth-order valence-electron chi connectivity index (χ4n) is 1.73. The first kappa shape index (κ1) is 16.9. The molecule has 0 fully saturated rings. The van der Waals surface area contributed by atoms with Gasteiger partial charge in [0, 0.05) is 38.0 Å². The number of rotatable bonds is 9. The van der Waals surface area contributed by atoms with Crippen LogP contribution in [-0.2, 0) is 4.74 Å². The molecule has 0 heterocycles. The second kappa shape index (κ2) is 8.91. The first-order chi connectivity index (χ1) is 10.1. The largest absolute Gasteiger partial charge is 0.387 e. The molecule has 0 atom stereocenters. The summed E-state index contributed by atoms with van der Waals surface area (Å²) >= 11 is 0. The van der Waals surface area contributed by atoms with Crippen LogP contribution in [0.5, 0.6) is 0 Å². The smallest absolute Gasteiger partial charge is 0.270 e. The molecule has 1 aromatic carbocycles. The van der Waals surface area contributed by atoms with Crippen LogP contribution in [0, 0.1) is 10.1 Å². The van der Waals surface area contributed by atoms with Crippen LogP contribution in [0.15, 0.2) is 18.2 Å². The van der Waals surface area contributed by atoms with Gasteiger partial charge in [0.05, 0.1) is 17.1 Å². The molecule has 0 aliphatic carbocycles. The molecule has 0 aliphatic heterocycles. The number of hydrogen-bond donors (Lipinski definition) is 2. The van der Waals surface area contributed by atoms with Crippen molar-refractivity contribution in [3.8, 4) is 0 Å². The minimum Gasteiger partial charge on any atom is -0.387 e. The van der Waals surface area contributed by atoms with E-state index in [1.165, 1.54) is 18.2 Å². The van der Waals surface area contributed by atoms with E-state index in [1.54, 1.807) is 7.05 Å². The third-order valence-electron chi connectivity index (χ3n) is 2.90. The summed E-state index contributed by atoms with van der Waals surface area (Å²) < 4.78 is 5.34. The standard InChI is InChI=1S/C14H21N3O4/c1-3-4-8-21-9-7-16-14(18)12-10-11(17(19)20)5-6-13(12)15-2/h5-6,10,15H,3-4,7-9H2,1-2H3,(H,16,18). The van der Waals surface area contributed by atoms with E-state index in [1.807, 2.05) is 0 Å². The van der Waals surface area contributed by atoms with Gasteiger partial charge in [0.15, 0.2) is 0 Å². The number of hydrogen-bond acceptors (Lipinski definition) is 5. The van der Waals surface area contributed by atoms with E-state index < -0.39 is 4.92 Å². The number of nitro groups is 1. The van der Waals surface area contributed by atoms with Crippen molar-refractivity contribution in [1.29, 1.82) is 0 Å². The number of anilines is 1. The number of unbranched alkanes of at least 4 members (excludes halogenated alkanes) is 1. The van der Waals surface area contributed by atoms with Crippen LogP contribution in [0.4, 0.5) is 11.4 Å². The quantitative estimate of drug-likeness (QED) is 0.414. The lowest BCUT2D eigenvalue weighted by Crippen LogP contribution is -2.28. The predicted molar refractivity (Wildman–Crippen MR) is 80.7 cm³/mol. The molecule has 0 saturated carbocycles. The number of carbonyl (C=O) groups is 1. The van der Waals surface area contributed by atoms with Gasteiger partial charge in [0.1, 0.15) is 0 Å². The molecule has 2 N–H and O–H groups in total. The van der Waals surface area contributed by atoms with E-state index in [0.29, 0.717) is 25.4 Å². The second-order valence-corrected chi connectivity index (χ2v) is 4.46. The van der Waals surface area contributed by atoms with E-state index >= 15 is 0 Å². The maximum Gasteiger partial charge on any atom is 0.270 e. The zero-order valence-electron chi connectivity index (χ0n) is 12.3. The highest BCUT2D eigenvalue weighted by Crippen LogP contribution is 2.21. The van der Waals surface area contributed by atoms with Crippen molar-refractivity contribution >= 4 is 17.3 Å². The Bertz CT molecular complexity index is 491. The Morgan fingerprint density at radius 3 is 2.76 bits per heavy atom. The van der Waals surface area contributed by atoms with Gasteiger partial charge < -0.3 is 15.4 Å². The van der Waals surface area contributed by atoms with E-state index in [4.69, 9.17) is 4.74 Å². The molecule has 0 saturated heterocycles. The molecule has 21 heavy (non-hydrogen) atoms. The normalized spacial score (nSPS) is 10.2. The number of carbonyl (C=O) groups excluding carboxylic acids is 1. The summed E-state index contributed by atoms with van der Waals surface area (Å²) in [6.07, 6.45) is 2.05. The first-order valence-electron chi connectivity index (χ1n) is 6.92. The van der Waals surface area contributed by atoms with Crippen LogP contribution in [-0.4, -0.2) is 37.6 Å². The van der Waals surface area contributed by atoms with E-state index in [-0.39, 0.29) is 17.2 Å². The van der Waals surface area contributed by atoms with Crippen molar-refractivity contribution in [3.05, 3.63) is 33.9 Å². The summed E-state index contributed by atoms with van der Waals surface area (Å²) in [5.41, 5.74) is 0.684. The van der Waals surface area contributed by atoms with Gasteiger partial charge in [-0.1, -0.05) is 13.3 Å². The maximum atomic E-state index is 12.1. The van der Waals surface area contributed by atoms with Crippen LogP contribution in [0.2, 0.25) is 0 Å². The molecule has 116 valence electrons. The Morgan fingerprint density at radius 1 is 1.38 bits per heavy atom. The van der Waals surface area contributed by atoms with Gasteiger partial charge in [-0.25, -0.2) is 0 Å². The van der Waals surface area contributed by atoms with Crippen LogP contribution < -0.4 is 10.6 Å². The number of nitrogens with zero attached hydrogens (tertiary/aromatic N) is 1. The summed E-state index contributed by atoms with van der Waals surface area (Å²) in [6, 6.07) is 4.14. The van der Waals surface area contributed by atoms with Crippen molar-refractivity contribution in [2.75, 3.05) is 32.1 Å². The fraction of sp³-hybridized carbons (Fsp3) is 0.500. The Labute approximate surface area is 123 Å². The van der Waals surface area contributed by atoms with Crippen LogP contribution >= 0.6 is 0 Å². The fourth-order valence-corrected chi connectivity index (χ4v) is 1.73. The van der Waals surface area contributed by atoms with E-state index in [2.05, 4.69) is 17.6 Å². The third kappa shape index (κ3) is 5.39. The molecule has 0 spiro atoms. The molecule has 1 amide bonds. The number of nitro benzene ring substituents is 1. The lowest BCUT2D eigenvalue weighted by atomic mass is 10.1. The van der Waals surface area contributed by atoms with Gasteiger partial charge in [0.2, 0.25) is 0 Å². The van der Waals surface area contributed by atoms with Crippen molar-refractivity contribution in [3.63, 3.8) is 0 Å². The maximum absolute atomic E-state index is 12.1. The SMILES string of the molecule is CCCCOCCNC(=O)c1cc([N+](=O)[O-])ccc1NC. The Balaban J connectivity index is 2.59. The number of benzene rings is 1. The van der Waals surface area contributed by atoms with E-state index in [0.717, 1.165) is 12.8 Å². The number of amides is 1. The van der Waals surface area contributed by atoms with Gasteiger partial charge in [-0.3, -0.25) is 14.9 Å². The van der Waals surface area contributed by atoms with E-state index in [9.17, 15) is 14.9 Å². The van der Waals surface area contributed by atoms with Gasteiger partial charge in [-0.05, 0) is 12.5 Å². The van der Waals surface area contributed by atoms with Crippen molar-refractivity contribution in [2.45, 2.75) is 19.8 Å². The molecular weight excluding hydrogens is 274 g/mol. The number of ether oxygens (including phenoxy) is 1. The van der Waals surface area contributed by atoms with Crippen LogP contribution in [0.1, 0.15) is 30.1 Å². The average molecular weight is 295 g/mol. The summed E-state index contributed by atoms with van der Waals surface area (Å²) in [7, 11) is 1.66. The number of non-ortho nitro benzene ring substituents is 1. The minimum atomic E-state index is -0.524. The summed E-state index contributed by atoms with van der Waals surface area (Å²) in [5, 5.41) is 16.3. The second-order valence-electron chi connectivity index (χ2n) is 4.46. The minimum absolute atomic E-state index is 0.113. The highest BCUT2D eigenvalue weighted by molar-refractivity contribution is 6.00. The van der Waals surface area contributed by atoms with Crippen molar-refractivity contribution in [1.82, 2.24) is 5.32 Å². The lowest BCUT2D eigenvalue weighted by molar-refractivity contribution is -0.384. The first-order valence-corrected chi connectivity index (χ1v) is 6.92. The predicted octanol–water partition coefficient (Wildman–Crippen LogP) is 2.18. The average Bonchev–Trinajstić information content (AvgIpc) is 2.49. The molecule has 7 nitrogen and oxygen atoms in total. The number of nitrogens with one attached hydrogen (secondary N) is 2.